The Kier molecular flexibility index (Phi) is 6.43. The molecule has 1 aromatic rings. The van der Waals surface area contributed by atoms with Gasteiger partial charge in [-0.3, -0.25) is 9.59 Å². The highest BCUT2D eigenvalue weighted by Crippen LogP contribution is 2.12. The standard InChI is InChI=1S/C14H19NO4/c1-3-15-13(16)10-19-14(17)7-8-18-12-6-4-5-11(2)9-12/h4-6,9H,3,7-8,10H2,1-2H3,(H,15,16). The fourth-order valence-corrected chi connectivity index (χ4v) is 1.42. The van der Waals surface area contributed by atoms with E-state index in [9.17, 15) is 9.59 Å². The molecule has 0 bridgehead atoms. The molecule has 0 aliphatic carbocycles. The van der Waals surface area contributed by atoms with Gasteiger partial charge in [-0.1, -0.05) is 12.1 Å². The lowest BCUT2D eigenvalue weighted by molar-refractivity contribution is -0.149. The second-order valence-corrected chi connectivity index (χ2v) is 4.03. The van der Waals surface area contributed by atoms with Crippen LogP contribution in [0.15, 0.2) is 24.3 Å². The number of likely N-dealkylation sites (N-methyl/N-ethyl adjacent to an activating group) is 1. The van der Waals surface area contributed by atoms with Gasteiger partial charge >= 0.3 is 5.97 Å². The lowest BCUT2D eigenvalue weighted by atomic mass is 10.2. The van der Waals surface area contributed by atoms with Crippen LogP contribution >= 0.6 is 0 Å². The summed E-state index contributed by atoms with van der Waals surface area (Å²) in [5.74, 6) is -0.0223. The minimum absolute atomic E-state index is 0.118. The molecule has 1 aromatic carbocycles. The highest BCUT2D eigenvalue weighted by Gasteiger charge is 2.07. The van der Waals surface area contributed by atoms with Crippen LogP contribution in [0.1, 0.15) is 18.9 Å². The number of hydrogen-bond acceptors (Lipinski definition) is 4. The van der Waals surface area contributed by atoms with Crippen molar-refractivity contribution in [1.29, 1.82) is 0 Å². The molecular formula is C14H19NO4. The van der Waals surface area contributed by atoms with Crippen molar-refractivity contribution in [3.63, 3.8) is 0 Å². The third-order valence-corrected chi connectivity index (χ3v) is 2.30. The zero-order chi connectivity index (χ0) is 14.1. The summed E-state index contributed by atoms with van der Waals surface area (Å²) >= 11 is 0. The molecule has 0 saturated heterocycles. The Hall–Kier alpha value is -2.04. The molecule has 5 heteroatoms. The van der Waals surface area contributed by atoms with E-state index >= 15 is 0 Å². The van der Waals surface area contributed by atoms with E-state index in [4.69, 9.17) is 9.47 Å². The molecule has 0 fully saturated rings. The van der Waals surface area contributed by atoms with E-state index in [1.807, 2.05) is 31.2 Å². The average molecular weight is 265 g/mol. The van der Waals surface area contributed by atoms with E-state index in [1.54, 1.807) is 6.92 Å². The molecule has 0 aliphatic rings. The first-order chi connectivity index (χ1) is 9.11. The summed E-state index contributed by atoms with van der Waals surface area (Å²) in [5.41, 5.74) is 1.09. The number of carbonyl (C=O) groups excluding carboxylic acids is 2. The molecule has 0 aromatic heterocycles. The number of carbonyl (C=O) groups is 2. The number of rotatable bonds is 7. The van der Waals surface area contributed by atoms with Crippen LogP contribution in [0.3, 0.4) is 0 Å². The minimum atomic E-state index is -0.445. The monoisotopic (exact) mass is 265 g/mol. The molecule has 0 radical (unpaired) electrons. The van der Waals surface area contributed by atoms with Crippen LogP contribution in [0.5, 0.6) is 5.75 Å². The van der Waals surface area contributed by atoms with E-state index in [0.717, 1.165) is 11.3 Å². The van der Waals surface area contributed by atoms with E-state index in [2.05, 4.69) is 5.32 Å². The third-order valence-electron chi connectivity index (χ3n) is 2.30. The van der Waals surface area contributed by atoms with Crippen LogP contribution in [-0.2, 0) is 14.3 Å². The second kappa shape index (κ2) is 8.13. The van der Waals surface area contributed by atoms with Crippen LogP contribution in [-0.4, -0.2) is 31.6 Å². The van der Waals surface area contributed by atoms with Crippen molar-refractivity contribution in [1.82, 2.24) is 5.32 Å². The Morgan fingerprint density at radius 1 is 1.32 bits per heavy atom. The Labute approximate surface area is 112 Å². The lowest BCUT2D eigenvalue weighted by Gasteiger charge is -2.07. The summed E-state index contributed by atoms with van der Waals surface area (Å²) in [6, 6.07) is 7.57. The first-order valence-corrected chi connectivity index (χ1v) is 6.23. The number of ether oxygens (including phenoxy) is 2. The number of nitrogens with one attached hydrogen (secondary N) is 1. The Bertz CT molecular complexity index is 431. The van der Waals surface area contributed by atoms with E-state index in [-0.39, 0.29) is 25.5 Å². The second-order valence-electron chi connectivity index (χ2n) is 4.03. The molecule has 0 aliphatic heterocycles. The minimum Gasteiger partial charge on any atom is -0.493 e. The molecular weight excluding hydrogens is 246 g/mol. The highest BCUT2D eigenvalue weighted by molar-refractivity contribution is 5.80. The SMILES string of the molecule is CCNC(=O)COC(=O)CCOc1cccc(C)c1. The molecule has 0 heterocycles. The predicted molar refractivity (Wildman–Crippen MR) is 70.9 cm³/mol. The Morgan fingerprint density at radius 2 is 2.11 bits per heavy atom. The molecule has 0 spiro atoms. The van der Waals surface area contributed by atoms with Gasteiger partial charge in [-0.25, -0.2) is 0 Å². The van der Waals surface area contributed by atoms with Crippen molar-refractivity contribution in [3.8, 4) is 5.75 Å². The summed E-state index contributed by atoms with van der Waals surface area (Å²) in [7, 11) is 0. The summed E-state index contributed by atoms with van der Waals surface area (Å²) in [6.45, 7) is 4.28. The third kappa shape index (κ3) is 6.45. The maximum atomic E-state index is 11.3. The topological polar surface area (TPSA) is 64.6 Å². The van der Waals surface area contributed by atoms with Gasteiger partial charge in [-0.2, -0.15) is 0 Å². The van der Waals surface area contributed by atoms with E-state index in [0.29, 0.717) is 6.54 Å². The molecule has 104 valence electrons. The van der Waals surface area contributed by atoms with Crippen molar-refractivity contribution in [2.75, 3.05) is 19.8 Å². The zero-order valence-electron chi connectivity index (χ0n) is 11.3. The van der Waals surface area contributed by atoms with E-state index < -0.39 is 5.97 Å². The average Bonchev–Trinajstić information content (AvgIpc) is 2.37. The summed E-state index contributed by atoms with van der Waals surface area (Å²) < 4.78 is 10.2. The molecule has 0 atom stereocenters. The molecule has 1 amide bonds. The van der Waals surface area contributed by atoms with Crippen LogP contribution in [0, 0.1) is 6.92 Å². The van der Waals surface area contributed by atoms with Crippen molar-refractivity contribution < 1.29 is 19.1 Å². The maximum Gasteiger partial charge on any atom is 0.309 e. The van der Waals surface area contributed by atoms with Gasteiger partial charge in [0.2, 0.25) is 0 Å². The maximum absolute atomic E-state index is 11.3. The fourth-order valence-electron chi connectivity index (χ4n) is 1.42. The summed E-state index contributed by atoms with van der Waals surface area (Å²) in [4.78, 5) is 22.4. The molecule has 1 N–H and O–H groups in total. The quantitative estimate of drug-likeness (QED) is 0.758. The van der Waals surface area contributed by atoms with Gasteiger partial charge in [0, 0.05) is 6.54 Å². The van der Waals surface area contributed by atoms with Crippen LogP contribution < -0.4 is 10.1 Å². The Morgan fingerprint density at radius 3 is 2.79 bits per heavy atom. The predicted octanol–water partition coefficient (Wildman–Crippen LogP) is 1.44. The van der Waals surface area contributed by atoms with E-state index in [1.165, 1.54) is 0 Å². The number of benzene rings is 1. The normalized spacial score (nSPS) is 9.79. The van der Waals surface area contributed by atoms with Gasteiger partial charge in [0.25, 0.3) is 5.91 Å². The van der Waals surface area contributed by atoms with Crippen LogP contribution in [0.2, 0.25) is 0 Å². The first kappa shape index (κ1) is 15.0. The van der Waals surface area contributed by atoms with Crippen LogP contribution in [0.25, 0.3) is 0 Å². The fraction of sp³-hybridized carbons (Fsp3) is 0.429. The highest BCUT2D eigenvalue weighted by atomic mass is 16.5. The van der Waals surface area contributed by atoms with Crippen LogP contribution in [0.4, 0.5) is 0 Å². The first-order valence-electron chi connectivity index (χ1n) is 6.23. The summed E-state index contributed by atoms with van der Waals surface area (Å²) in [6.07, 6.45) is 0.118. The van der Waals surface area contributed by atoms with Gasteiger partial charge in [0.05, 0.1) is 13.0 Å². The molecule has 1 rings (SSSR count). The number of hydrogen-bond donors (Lipinski definition) is 1. The van der Waals surface area contributed by atoms with Gasteiger partial charge in [0.15, 0.2) is 6.61 Å². The Balaban J connectivity index is 2.18. The molecule has 0 saturated carbocycles. The molecule has 0 unspecified atom stereocenters. The zero-order valence-corrected chi connectivity index (χ0v) is 11.3. The van der Waals surface area contributed by atoms with Crippen molar-refractivity contribution >= 4 is 11.9 Å². The van der Waals surface area contributed by atoms with Gasteiger partial charge in [-0.05, 0) is 31.5 Å². The van der Waals surface area contributed by atoms with Crippen molar-refractivity contribution in [2.24, 2.45) is 0 Å². The largest absolute Gasteiger partial charge is 0.493 e. The van der Waals surface area contributed by atoms with Gasteiger partial charge in [-0.15, -0.1) is 0 Å². The van der Waals surface area contributed by atoms with Crippen molar-refractivity contribution in [2.45, 2.75) is 20.3 Å². The number of esters is 1. The molecule has 5 nitrogen and oxygen atoms in total. The number of amides is 1. The lowest BCUT2D eigenvalue weighted by Crippen LogP contribution is -2.28. The van der Waals surface area contributed by atoms with Crippen molar-refractivity contribution in [3.05, 3.63) is 29.8 Å². The van der Waals surface area contributed by atoms with Gasteiger partial charge < -0.3 is 14.8 Å². The van der Waals surface area contributed by atoms with Gasteiger partial charge in [0.1, 0.15) is 5.75 Å². The molecule has 19 heavy (non-hydrogen) atoms. The number of aryl methyl sites for hydroxylation is 1. The summed E-state index contributed by atoms with van der Waals surface area (Å²) in [5, 5.41) is 2.54. The smallest absolute Gasteiger partial charge is 0.309 e.